The number of nitrogens with zero attached hydrogens (tertiary/aromatic N) is 4. The number of morpholine rings is 1. The molecule has 2 fully saturated rings. The molecule has 0 aliphatic carbocycles. The lowest BCUT2D eigenvalue weighted by Gasteiger charge is -2.35. The van der Waals surface area contributed by atoms with Gasteiger partial charge in [-0.1, -0.05) is 0 Å². The molecular formula is C15H20N4O3. The number of rotatable bonds is 4. The Kier molecular flexibility index (Phi) is 4.33. The molecule has 2 saturated heterocycles. The minimum Gasteiger partial charge on any atom is -0.364 e. The normalized spacial score (nSPS) is 24.5. The first-order valence-corrected chi connectivity index (χ1v) is 7.61. The minimum atomic E-state index is -0.0540. The molecule has 0 bridgehead atoms. The molecule has 2 aliphatic rings. The summed E-state index contributed by atoms with van der Waals surface area (Å²) in [6, 6.07) is -0.00439. The third kappa shape index (κ3) is 2.94. The predicted molar refractivity (Wildman–Crippen MR) is 77.8 cm³/mol. The molecule has 1 aromatic heterocycles. The standard InChI is InChI=1S/C15H20N4O3/c1-2-19-12-7-18(8-13(12)22-9-15(19)21)14(20)4-3-11-5-16-10-17-6-11/h5-6,10,12-13H,2-4,7-9H2,1H3/t12-,13-/m1/s1. The summed E-state index contributed by atoms with van der Waals surface area (Å²) in [5, 5.41) is 0. The molecule has 2 aliphatic heterocycles. The Morgan fingerprint density at radius 1 is 1.36 bits per heavy atom. The highest BCUT2D eigenvalue weighted by Gasteiger charge is 2.43. The molecule has 0 unspecified atom stereocenters. The Morgan fingerprint density at radius 2 is 2.14 bits per heavy atom. The predicted octanol–water partition coefficient (Wildman–Crippen LogP) is -0.133. The van der Waals surface area contributed by atoms with Gasteiger partial charge in [-0.2, -0.15) is 0 Å². The van der Waals surface area contributed by atoms with Crippen LogP contribution >= 0.6 is 0 Å². The zero-order valence-electron chi connectivity index (χ0n) is 12.6. The number of amides is 2. The molecule has 2 atom stereocenters. The van der Waals surface area contributed by atoms with Crippen LogP contribution in [0, 0.1) is 0 Å². The molecule has 3 rings (SSSR count). The first-order chi connectivity index (χ1) is 10.7. The van der Waals surface area contributed by atoms with Gasteiger partial charge < -0.3 is 14.5 Å². The number of ether oxygens (including phenoxy) is 1. The summed E-state index contributed by atoms with van der Waals surface area (Å²) >= 11 is 0. The number of hydrogen-bond acceptors (Lipinski definition) is 5. The molecule has 0 N–H and O–H groups in total. The number of fused-ring (bicyclic) bond motifs is 1. The molecule has 7 nitrogen and oxygen atoms in total. The van der Waals surface area contributed by atoms with Crippen molar-refractivity contribution in [2.24, 2.45) is 0 Å². The van der Waals surface area contributed by atoms with Gasteiger partial charge in [-0.15, -0.1) is 0 Å². The van der Waals surface area contributed by atoms with Crippen LogP contribution in [-0.2, 0) is 20.7 Å². The van der Waals surface area contributed by atoms with Gasteiger partial charge in [-0.3, -0.25) is 9.59 Å². The minimum absolute atomic E-state index is 0.00439. The summed E-state index contributed by atoms with van der Waals surface area (Å²) in [7, 11) is 0. The van der Waals surface area contributed by atoms with Crippen LogP contribution in [0.4, 0.5) is 0 Å². The van der Waals surface area contributed by atoms with E-state index in [9.17, 15) is 9.59 Å². The van der Waals surface area contributed by atoms with E-state index in [-0.39, 0.29) is 30.6 Å². The van der Waals surface area contributed by atoms with Crippen LogP contribution in [-0.4, -0.2) is 70.0 Å². The number of aryl methyl sites for hydroxylation is 1. The summed E-state index contributed by atoms with van der Waals surface area (Å²) in [6.07, 6.45) is 5.93. The molecule has 1 aromatic rings. The van der Waals surface area contributed by atoms with Gasteiger partial charge in [0.25, 0.3) is 0 Å². The van der Waals surface area contributed by atoms with Gasteiger partial charge in [0.15, 0.2) is 0 Å². The van der Waals surface area contributed by atoms with E-state index in [0.29, 0.717) is 32.5 Å². The third-order valence-electron chi connectivity index (χ3n) is 4.31. The highest BCUT2D eigenvalue weighted by atomic mass is 16.5. The zero-order valence-corrected chi connectivity index (χ0v) is 12.6. The lowest BCUT2D eigenvalue weighted by Crippen LogP contribution is -2.53. The Labute approximate surface area is 129 Å². The van der Waals surface area contributed by atoms with Gasteiger partial charge in [0.05, 0.1) is 12.1 Å². The van der Waals surface area contributed by atoms with Crippen molar-refractivity contribution in [1.29, 1.82) is 0 Å². The summed E-state index contributed by atoms with van der Waals surface area (Å²) in [5.74, 6) is 0.102. The smallest absolute Gasteiger partial charge is 0.248 e. The highest BCUT2D eigenvalue weighted by Crippen LogP contribution is 2.24. The van der Waals surface area contributed by atoms with E-state index in [1.165, 1.54) is 6.33 Å². The lowest BCUT2D eigenvalue weighted by molar-refractivity contribution is -0.152. The molecule has 0 spiro atoms. The van der Waals surface area contributed by atoms with Crippen LogP contribution in [0.1, 0.15) is 18.9 Å². The fourth-order valence-corrected chi connectivity index (χ4v) is 3.15. The van der Waals surface area contributed by atoms with Crippen LogP contribution in [0.2, 0.25) is 0 Å². The summed E-state index contributed by atoms with van der Waals surface area (Å²) in [5.41, 5.74) is 0.953. The van der Waals surface area contributed by atoms with Crippen LogP contribution < -0.4 is 0 Å². The van der Waals surface area contributed by atoms with Crippen molar-refractivity contribution in [3.05, 3.63) is 24.3 Å². The zero-order chi connectivity index (χ0) is 15.5. The summed E-state index contributed by atoms with van der Waals surface area (Å²) < 4.78 is 5.58. The fraction of sp³-hybridized carbons (Fsp3) is 0.600. The highest BCUT2D eigenvalue weighted by molar-refractivity contribution is 5.80. The number of carbonyl (C=O) groups excluding carboxylic acids is 2. The maximum Gasteiger partial charge on any atom is 0.248 e. The van der Waals surface area contributed by atoms with Gasteiger partial charge in [0, 0.05) is 38.4 Å². The van der Waals surface area contributed by atoms with E-state index in [4.69, 9.17) is 4.74 Å². The average Bonchev–Trinajstić information content (AvgIpc) is 2.98. The molecular weight excluding hydrogens is 284 g/mol. The second-order valence-electron chi connectivity index (χ2n) is 5.64. The summed E-state index contributed by atoms with van der Waals surface area (Å²) in [6.45, 7) is 3.87. The second kappa shape index (κ2) is 6.39. The molecule has 3 heterocycles. The van der Waals surface area contributed by atoms with E-state index < -0.39 is 0 Å². The average molecular weight is 304 g/mol. The van der Waals surface area contributed by atoms with Crippen molar-refractivity contribution in [3.63, 3.8) is 0 Å². The van der Waals surface area contributed by atoms with Crippen molar-refractivity contribution in [2.45, 2.75) is 31.9 Å². The third-order valence-corrected chi connectivity index (χ3v) is 4.31. The van der Waals surface area contributed by atoms with Crippen molar-refractivity contribution >= 4 is 11.8 Å². The van der Waals surface area contributed by atoms with Gasteiger partial charge in [0.2, 0.25) is 11.8 Å². The monoisotopic (exact) mass is 304 g/mol. The SMILES string of the molecule is CCN1C(=O)CO[C@@H]2CN(C(=O)CCc3cncnc3)C[C@H]21. The van der Waals surface area contributed by atoms with E-state index >= 15 is 0 Å². The number of likely N-dealkylation sites (tertiary alicyclic amines) is 1. The Bertz CT molecular complexity index is 551. The van der Waals surface area contributed by atoms with E-state index in [2.05, 4.69) is 9.97 Å². The van der Waals surface area contributed by atoms with Gasteiger partial charge in [-0.25, -0.2) is 9.97 Å². The second-order valence-corrected chi connectivity index (χ2v) is 5.64. The van der Waals surface area contributed by atoms with Gasteiger partial charge >= 0.3 is 0 Å². The Balaban J connectivity index is 1.57. The largest absolute Gasteiger partial charge is 0.364 e. The van der Waals surface area contributed by atoms with E-state index in [0.717, 1.165) is 5.56 Å². The molecule has 0 saturated carbocycles. The molecule has 118 valence electrons. The maximum absolute atomic E-state index is 12.4. The number of aromatic nitrogens is 2. The first-order valence-electron chi connectivity index (χ1n) is 7.61. The van der Waals surface area contributed by atoms with Crippen LogP contribution in [0.25, 0.3) is 0 Å². The van der Waals surface area contributed by atoms with Crippen molar-refractivity contribution in [3.8, 4) is 0 Å². The maximum atomic E-state index is 12.4. The van der Waals surface area contributed by atoms with Crippen molar-refractivity contribution in [1.82, 2.24) is 19.8 Å². The first kappa shape index (κ1) is 14.9. The van der Waals surface area contributed by atoms with Crippen LogP contribution in [0.15, 0.2) is 18.7 Å². The Hall–Kier alpha value is -2.02. The molecule has 7 heteroatoms. The Morgan fingerprint density at radius 3 is 2.86 bits per heavy atom. The molecule has 0 radical (unpaired) electrons. The number of carbonyl (C=O) groups is 2. The van der Waals surface area contributed by atoms with Gasteiger partial charge in [-0.05, 0) is 18.9 Å². The van der Waals surface area contributed by atoms with Crippen LogP contribution in [0.5, 0.6) is 0 Å². The van der Waals surface area contributed by atoms with E-state index in [1.54, 1.807) is 17.3 Å². The molecule has 22 heavy (non-hydrogen) atoms. The van der Waals surface area contributed by atoms with Crippen molar-refractivity contribution < 1.29 is 14.3 Å². The quantitative estimate of drug-likeness (QED) is 0.774. The summed E-state index contributed by atoms with van der Waals surface area (Å²) in [4.78, 5) is 35.7. The van der Waals surface area contributed by atoms with Crippen LogP contribution in [0.3, 0.4) is 0 Å². The van der Waals surface area contributed by atoms with Crippen molar-refractivity contribution in [2.75, 3.05) is 26.2 Å². The number of hydrogen-bond donors (Lipinski definition) is 0. The fourth-order valence-electron chi connectivity index (χ4n) is 3.15. The molecule has 2 amide bonds. The lowest BCUT2D eigenvalue weighted by atomic mass is 10.1. The van der Waals surface area contributed by atoms with E-state index in [1.807, 2.05) is 11.8 Å². The molecule has 0 aromatic carbocycles. The number of likely N-dealkylation sites (N-methyl/N-ethyl adjacent to an activating group) is 1. The topological polar surface area (TPSA) is 75.6 Å². The van der Waals surface area contributed by atoms with Gasteiger partial charge in [0.1, 0.15) is 12.9 Å².